The highest BCUT2D eigenvalue weighted by molar-refractivity contribution is 5.72. The molecule has 3 heteroatoms. The van der Waals surface area contributed by atoms with Crippen LogP contribution >= 0.6 is 0 Å². The Morgan fingerprint density at radius 1 is 0.850 bits per heavy atom. The van der Waals surface area contributed by atoms with Crippen molar-refractivity contribution in [2.75, 3.05) is 19.0 Å². The summed E-state index contributed by atoms with van der Waals surface area (Å²) in [4.78, 5) is 2.10. The van der Waals surface area contributed by atoms with Gasteiger partial charge in [-0.1, -0.05) is 30.3 Å². The van der Waals surface area contributed by atoms with Crippen LogP contribution in [0.1, 0.15) is 0 Å². The van der Waals surface area contributed by atoms with Crippen molar-refractivity contribution >= 4 is 5.69 Å². The van der Waals surface area contributed by atoms with Crippen LogP contribution in [0.5, 0.6) is 0 Å². The predicted octanol–water partition coefficient (Wildman–Crippen LogP) is 3.81. The number of aromatic amines is 1. The van der Waals surface area contributed by atoms with E-state index in [4.69, 9.17) is 0 Å². The monoisotopic (exact) mass is 263 g/mol. The topological polar surface area (TPSA) is 31.9 Å². The maximum absolute atomic E-state index is 4.00. The molecule has 0 unspecified atom stereocenters. The lowest BCUT2D eigenvalue weighted by Gasteiger charge is -2.13. The summed E-state index contributed by atoms with van der Waals surface area (Å²) < 4.78 is 0. The molecular weight excluding hydrogens is 246 g/mol. The summed E-state index contributed by atoms with van der Waals surface area (Å²) in [6, 6.07) is 19.0. The molecule has 0 radical (unpaired) electrons. The third kappa shape index (κ3) is 2.43. The lowest BCUT2D eigenvalue weighted by Crippen LogP contribution is -2.07. The first-order valence-electron chi connectivity index (χ1n) is 6.61. The SMILES string of the molecule is CN(C)c1ccc(-c2cccc(-c3ccn[nH]3)c2)cc1. The van der Waals surface area contributed by atoms with Crippen molar-refractivity contribution in [3.05, 3.63) is 60.8 Å². The van der Waals surface area contributed by atoms with Gasteiger partial charge in [-0.15, -0.1) is 0 Å². The number of anilines is 1. The fraction of sp³-hybridized carbons (Fsp3) is 0.118. The Morgan fingerprint density at radius 3 is 2.25 bits per heavy atom. The molecule has 0 spiro atoms. The van der Waals surface area contributed by atoms with Gasteiger partial charge in [0.1, 0.15) is 0 Å². The van der Waals surface area contributed by atoms with Gasteiger partial charge in [-0.05, 0) is 35.4 Å². The van der Waals surface area contributed by atoms with Crippen LogP contribution in [0, 0.1) is 0 Å². The van der Waals surface area contributed by atoms with Gasteiger partial charge in [0.25, 0.3) is 0 Å². The van der Waals surface area contributed by atoms with E-state index in [1.165, 1.54) is 16.8 Å². The van der Waals surface area contributed by atoms with Crippen molar-refractivity contribution in [3.8, 4) is 22.4 Å². The molecule has 100 valence electrons. The normalized spacial score (nSPS) is 10.5. The van der Waals surface area contributed by atoms with E-state index >= 15 is 0 Å². The summed E-state index contributed by atoms with van der Waals surface area (Å²) in [5.41, 5.74) is 5.83. The molecule has 1 aromatic heterocycles. The van der Waals surface area contributed by atoms with Crippen LogP contribution in [-0.2, 0) is 0 Å². The second-order valence-electron chi connectivity index (χ2n) is 4.99. The summed E-state index contributed by atoms with van der Waals surface area (Å²) in [6.07, 6.45) is 1.77. The Morgan fingerprint density at radius 2 is 1.60 bits per heavy atom. The van der Waals surface area contributed by atoms with Gasteiger partial charge < -0.3 is 4.90 Å². The third-order valence-corrected chi connectivity index (χ3v) is 3.39. The molecule has 1 N–H and O–H groups in total. The highest BCUT2D eigenvalue weighted by Crippen LogP contribution is 2.26. The van der Waals surface area contributed by atoms with Crippen LogP contribution in [0.4, 0.5) is 5.69 Å². The van der Waals surface area contributed by atoms with Crippen molar-refractivity contribution in [1.82, 2.24) is 10.2 Å². The maximum atomic E-state index is 4.00. The molecular formula is C17H17N3. The van der Waals surface area contributed by atoms with Gasteiger partial charge in [-0.2, -0.15) is 5.10 Å². The average Bonchev–Trinajstić information content (AvgIpc) is 3.02. The van der Waals surface area contributed by atoms with Crippen LogP contribution < -0.4 is 4.90 Å². The van der Waals surface area contributed by atoms with Gasteiger partial charge >= 0.3 is 0 Å². The molecule has 0 atom stereocenters. The van der Waals surface area contributed by atoms with Crippen molar-refractivity contribution < 1.29 is 0 Å². The molecule has 1 heterocycles. The van der Waals surface area contributed by atoms with Crippen molar-refractivity contribution in [3.63, 3.8) is 0 Å². The summed E-state index contributed by atoms with van der Waals surface area (Å²) in [7, 11) is 4.10. The molecule has 3 rings (SSSR count). The number of hydrogen-bond donors (Lipinski definition) is 1. The van der Waals surface area contributed by atoms with E-state index in [1.807, 2.05) is 20.2 Å². The molecule has 0 amide bonds. The van der Waals surface area contributed by atoms with Gasteiger partial charge in [0.15, 0.2) is 0 Å². The maximum Gasteiger partial charge on any atom is 0.0650 e. The fourth-order valence-corrected chi connectivity index (χ4v) is 2.23. The molecule has 0 aliphatic carbocycles. The first kappa shape index (κ1) is 12.5. The van der Waals surface area contributed by atoms with Gasteiger partial charge in [-0.3, -0.25) is 5.10 Å². The number of H-pyrrole nitrogens is 1. The Kier molecular flexibility index (Phi) is 3.25. The number of nitrogens with one attached hydrogen (secondary N) is 1. The number of hydrogen-bond acceptors (Lipinski definition) is 2. The number of rotatable bonds is 3. The number of benzene rings is 2. The minimum absolute atomic E-state index is 1.04. The third-order valence-electron chi connectivity index (χ3n) is 3.39. The largest absolute Gasteiger partial charge is 0.378 e. The quantitative estimate of drug-likeness (QED) is 0.779. The standard InChI is InChI=1S/C17H17N3/c1-20(2)16-8-6-13(7-9-16)14-4-3-5-15(12-14)17-10-11-18-19-17/h3-12H,1-2H3,(H,18,19). The number of aromatic nitrogens is 2. The smallest absolute Gasteiger partial charge is 0.0650 e. The number of nitrogens with zero attached hydrogens (tertiary/aromatic N) is 2. The molecule has 0 saturated heterocycles. The minimum Gasteiger partial charge on any atom is -0.378 e. The lowest BCUT2D eigenvalue weighted by molar-refractivity contribution is 1.10. The Balaban J connectivity index is 1.96. The molecule has 3 nitrogen and oxygen atoms in total. The molecule has 0 aliphatic heterocycles. The summed E-state index contributed by atoms with van der Waals surface area (Å²) in [5.74, 6) is 0. The zero-order valence-electron chi connectivity index (χ0n) is 11.7. The highest BCUT2D eigenvalue weighted by atomic mass is 15.1. The lowest BCUT2D eigenvalue weighted by atomic mass is 10.0. The van der Waals surface area contributed by atoms with E-state index in [0.717, 1.165) is 11.3 Å². The summed E-state index contributed by atoms with van der Waals surface area (Å²) in [6.45, 7) is 0. The van der Waals surface area contributed by atoms with Crippen LogP contribution in [-0.4, -0.2) is 24.3 Å². The predicted molar refractivity (Wildman–Crippen MR) is 83.8 cm³/mol. The first-order valence-corrected chi connectivity index (χ1v) is 6.61. The minimum atomic E-state index is 1.04. The highest BCUT2D eigenvalue weighted by Gasteiger charge is 2.03. The molecule has 0 saturated carbocycles. The van der Waals surface area contributed by atoms with E-state index in [2.05, 4.69) is 63.6 Å². The molecule has 0 aliphatic rings. The van der Waals surface area contributed by atoms with Gasteiger partial charge in [0.05, 0.1) is 5.69 Å². The van der Waals surface area contributed by atoms with Crippen LogP contribution in [0.15, 0.2) is 60.8 Å². The Hall–Kier alpha value is -2.55. The molecule has 0 fully saturated rings. The van der Waals surface area contributed by atoms with Crippen molar-refractivity contribution in [2.24, 2.45) is 0 Å². The van der Waals surface area contributed by atoms with E-state index in [1.54, 1.807) is 6.20 Å². The molecule has 3 aromatic rings. The Bertz CT molecular complexity index is 683. The first-order chi connectivity index (χ1) is 9.74. The zero-order chi connectivity index (χ0) is 13.9. The van der Waals surface area contributed by atoms with E-state index in [9.17, 15) is 0 Å². The molecule has 0 bridgehead atoms. The van der Waals surface area contributed by atoms with Crippen LogP contribution in [0.25, 0.3) is 22.4 Å². The van der Waals surface area contributed by atoms with E-state index < -0.39 is 0 Å². The molecule has 20 heavy (non-hydrogen) atoms. The average molecular weight is 263 g/mol. The molecule has 2 aromatic carbocycles. The second kappa shape index (κ2) is 5.21. The van der Waals surface area contributed by atoms with Crippen LogP contribution in [0.3, 0.4) is 0 Å². The van der Waals surface area contributed by atoms with Crippen molar-refractivity contribution in [2.45, 2.75) is 0 Å². The van der Waals surface area contributed by atoms with Crippen LogP contribution in [0.2, 0.25) is 0 Å². The fourth-order valence-electron chi connectivity index (χ4n) is 2.23. The second-order valence-corrected chi connectivity index (χ2v) is 4.99. The summed E-state index contributed by atoms with van der Waals surface area (Å²) >= 11 is 0. The zero-order valence-corrected chi connectivity index (χ0v) is 11.7. The summed E-state index contributed by atoms with van der Waals surface area (Å²) in [5, 5.41) is 7.00. The van der Waals surface area contributed by atoms with Crippen molar-refractivity contribution in [1.29, 1.82) is 0 Å². The van der Waals surface area contributed by atoms with Gasteiger partial charge in [0.2, 0.25) is 0 Å². The van der Waals surface area contributed by atoms with Gasteiger partial charge in [-0.25, -0.2) is 0 Å². The van der Waals surface area contributed by atoms with E-state index in [-0.39, 0.29) is 0 Å². The van der Waals surface area contributed by atoms with Gasteiger partial charge in [0, 0.05) is 31.5 Å². The van der Waals surface area contributed by atoms with E-state index in [0.29, 0.717) is 0 Å². The Labute approximate surface area is 118 Å².